The van der Waals surface area contributed by atoms with Crippen molar-refractivity contribution in [2.24, 2.45) is 11.8 Å². The number of anilines is 1. The molecule has 1 rings (SSSR count). The lowest BCUT2D eigenvalue weighted by Gasteiger charge is -2.26. The van der Waals surface area contributed by atoms with E-state index in [-0.39, 0.29) is 23.2 Å². The van der Waals surface area contributed by atoms with Crippen LogP contribution < -0.4 is 10.6 Å². The van der Waals surface area contributed by atoms with E-state index in [9.17, 15) is 27.9 Å². The number of amides is 2. The molecule has 0 spiro atoms. The second kappa shape index (κ2) is 12.7. The van der Waals surface area contributed by atoms with Crippen LogP contribution in [0.15, 0.2) is 30.9 Å². The van der Waals surface area contributed by atoms with Crippen molar-refractivity contribution < 1.29 is 37.3 Å². The van der Waals surface area contributed by atoms with E-state index < -0.39 is 36.4 Å². The second-order valence-electron chi connectivity index (χ2n) is 7.17. The van der Waals surface area contributed by atoms with Crippen molar-refractivity contribution in [3.05, 3.63) is 41.4 Å². The summed E-state index contributed by atoms with van der Waals surface area (Å²) in [6.45, 7) is 7.70. The molecule has 0 heterocycles. The zero-order valence-corrected chi connectivity index (χ0v) is 18.8. The Morgan fingerprint density at radius 3 is 2.53 bits per heavy atom. The van der Waals surface area contributed by atoms with Gasteiger partial charge in [-0.1, -0.05) is 44.2 Å². The third-order valence-electron chi connectivity index (χ3n) is 4.57. The predicted molar refractivity (Wildman–Crippen MR) is 114 cm³/mol. The van der Waals surface area contributed by atoms with Gasteiger partial charge in [0.15, 0.2) is 6.29 Å². The molecule has 0 saturated carbocycles. The second-order valence-corrected chi connectivity index (χ2v) is 7.58. The number of hydrogen-bond donors (Lipinski definition) is 3. The quantitative estimate of drug-likeness (QED) is 0.324. The predicted octanol–water partition coefficient (Wildman–Crippen LogP) is 4.29. The molecule has 0 radical (unpaired) electrons. The molecule has 0 aliphatic rings. The summed E-state index contributed by atoms with van der Waals surface area (Å²) in [7, 11) is 0. The van der Waals surface area contributed by atoms with E-state index in [1.54, 1.807) is 19.9 Å². The highest BCUT2D eigenvalue weighted by Crippen LogP contribution is 2.30. The first-order chi connectivity index (χ1) is 14.9. The SMILES string of the molecule is C=CCOC(=O)NC(C(=O)Nc1cc(C[C@H](C)C(O)OCC)ccc1Cl)C(C)C(F)(F)F. The van der Waals surface area contributed by atoms with Crippen molar-refractivity contribution in [2.45, 2.75) is 45.7 Å². The largest absolute Gasteiger partial charge is 0.445 e. The third-order valence-corrected chi connectivity index (χ3v) is 4.90. The number of hydrogen-bond acceptors (Lipinski definition) is 5. The van der Waals surface area contributed by atoms with E-state index in [0.29, 0.717) is 18.6 Å². The van der Waals surface area contributed by atoms with Crippen LogP contribution in [-0.4, -0.2) is 48.8 Å². The number of nitrogens with one attached hydrogen (secondary N) is 2. The van der Waals surface area contributed by atoms with E-state index in [4.69, 9.17) is 16.3 Å². The molecule has 11 heteroatoms. The normalized spacial score (nSPS) is 15.2. The highest BCUT2D eigenvalue weighted by molar-refractivity contribution is 6.33. The zero-order chi connectivity index (χ0) is 24.5. The number of halogens is 4. The minimum atomic E-state index is -4.76. The summed E-state index contributed by atoms with van der Waals surface area (Å²) in [5.41, 5.74) is 0.725. The molecule has 3 N–H and O–H groups in total. The van der Waals surface area contributed by atoms with Gasteiger partial charge in [0, 0.05) is 12.5 Å². The van der Waals surface area contributed by atoms with Gasteiger partial charge in [-0.05, 0) is 31.0 Å². The zero-order valence-electron chi connectivity index (χ0n) is 18.0. The first kappa shape index (κ1) is 27.7. The summed E-state index contributed by atoms with van der Waals surface area (Å²) < 4.78 is 49.6. The molecule has 0 bridgehead atoms. The first-order valence-electron chi connectivity index (χ1n) is 9.90. The van der Waals surface area contributed by atoms with E-state index in [2.05, 4.69) is 16.6 Å². The Morgan fingerprint density at radius 2 is 1.97 bits per heavy atom. The molecule has 2 amide bonds. The summed E-state index contributed by atoms with van der Waals surface area (Å²) in [6.07, 6.45) is -5.37. The number of alkyl carbamates (subject to hydrolysis) is 1. The van der Waals surface area contributed by atoms with Crippen LogP contribution in [0.2, 0.25) is 5.02 Å². The van der Waals surface area contributed by atoms with Gasteiger partial charge in [0.2, 0.25) is 5.91 Å². The molecule has 0 saturated heterocycles. The van der Waals surface area contributed by atoms with Crippen molar-refractivity contribution in [2.75, 3.05) is 18.5 Å². The molecule has 0 aliphatic heterocycles. The van der Waals surface area contributed by atoms with Gasteiger partial charge in [-0.15, -0.1) is 0 Å². The fourth-order valence-corrected chi connectivity index (χ4v) is 2.89. The Kier molecular flexibility index (Phi) is 11.0. The number of aliphatic hydroxyl groups excluding tert-OH is 1. The Morgan fingerprint density at radius 1 is 1.31 bits per heavy atom. The van der Waals surface area contributed by atoms with Crippen LogP contribution in [0.4, 0.5) is 23.7 Å². The van der Waals surface area contributed by atoms with Crippen LogP contribution in [0.25, 0.3) is 0 Å². The molecule has 0 fully saturated rings. The number of benzene rings is 1. The number of rotatable bonds is 11. The average Bonchev–Trinajstić information content (AvgIpc) is 2.71. The van der Waals surface area contributed by atoms with Gasteiger partial charge in [0.1, 0.15) is 12.6 Å². The molecule has 7 nitrogen and oxygen atoms in total. The Balaban J connectivity index is 3.05. The lowest BCUT2D eigenvalue weighted by Crippen LogP contribution is -2.52. The van der Waals surface area contributed by atoms with Crippen LogP contribution in [0.1, 0.15) is 26.3 Å². The molecule has 1 aromatic carbocycles. The van der Waals surface area contributed by atoms with Crippen LogP contribution in [0.5, 0.6) is 0 Å². The smallest absolute Gasteiger partial charge is 0.408 e. The maximum atomic E-state index is 13.3. The van der Waals surface area contributed by atoms with Crippen molar-refractivity contribution in [1.82, 2.24) is 5.32 Å². The van der Waals surface area contributed by atoms with Crippen LogP contribution in [0.3, 0.4) is 0 Å². The van der Waals surface area contributed by atoms with Crippen LogP contribution in [0, 0.1) is 11.8 Å². The first-order valence-corrected chi connectivity index (χ1v) is 10.3. The fourth-order valence-electron chi connectivity index (χ4n) is 2.72. The third kappa shape index (κ3) is 8.68. The highest BCUT2D eigenvalue weighted by Gasteiger charge is 2.45. The maximum Gasteiger partial charge on any atom is 0.408 e. The summed E-state index contributed by atoms with van der Waals surface area (Å²) in [4.78, 5) is 24.4. The van der Waals surface area contributed by atoms with Crippen molar-refractivity contribution in [3.8, 4) is 0 Å². The summed E-state index contributed by atoms with van der Waals surface area (Å²) in [6, 6.07) is 2.65. The van der Waals surface area contributed by atoms with E-state index in [1.165, 1.54) is 18.2 Å². The number of carbonyl (C=O) groups is 2. The van der Waals surface area contributed by atoms with Gasteiger partial charge >= 0.3 is 12.3 Å². The van der Waals surface area contributed by atoms with E-state index in [0.717, 1.165) is 6.92 Å². The van der Waals surface area contributed by atoms with Crippen molar-refractivity contribution in [1.29, 1.82) is 0 Å². The number of alkyl halides is 3. The summed E-state index contributed by atoms with van der Waals surface area (Å²) in [5.74, 6) is -3.62. The lowest BCUT2D eigenvalue weighted by molar-refractivity contribution is -0.178. The minimum absolute atomic E-state index is 0.0629. The topological polar surface area (TPSA) is 96.9 Å². The lowest BCUT2D eigenvalue weighted by atomic mass is 9.99. The van der Waals surface area contributed by atoms with Crippen LogP contribution in [-0.2, 0) is 20.7 Å². The molecule has 0 aromatic heterocycles. The molecular formula is C21H28ClF3N2O5. The Bertz CT molecular complexity index is 791. The van der Waals surface area contributed by atoms with E-state index >= 15 is 0 Å². The Hall–Kier alpha value is -2.30. The van der Waals surface area contributed by atoms with Crippen molar-refractivity contribution >= 4 is 29.3 Å². The van der Waals surface area contributed by atoms with E-state index in [1.807, 2.05) is 5.32 Å². The van der Waals surface area contributed by atoms with Crippen molar-refractivity contribution in [3.63, 3.8) is 0 Å². The molecule has 0 aliphatic carbocycles. The van der Waals surface area contributed by atoms with Gasteiger partial charge in [-0.3, -0.25) is 4.79 Å². The Labute approximate surface area is 189 Å². The molecular weight excluding hydrogens is 453 g/mol. The fraction of sp³-hybridized carbons (Fsp3) is 0.524. The van der Waals surface area contributed by atoms with Gasteiger partial charge in [0.05, 0.1) is 16.6 Å². The maximum absolute atomic E-state index is 13.3. The molecule has 180 valence electrons. The number of ether oxygens (including phenoxy) is 2. The van der Waals surface area contributed by atoms with Gasteiger partial charge in [-0.25, -0.2) is 4.79 Å². The summed E-state index contributed by atoms with van der Waals surface area (Å²) >= 11 is 6.10. The monoisotopic (exact) mass is 480 g/mol. The molecule has 1 aromatic rings. The van der Waals surface area contributed by atoms with Crippen LogP contribution >= 0.6 is 11.6 Å². The number of carbonyl (C=O) groups excluding carboxylic acids is 2. The number of aliphatic hydroxyl groups is 1. The molecule has 32 heavy (non-hydrogen) atoms. The molecule has 3 unspecified atom stereocenters. The van der Waals surface area contributed by atoms with Gasteiger partial charge < -0.3 is 25.2 Å². The highest BCUT2D eigenvalue weighted by atomic mass is 35.5. The average molecular weight is 481 g/mol. The summed E-state index contributed by atoms with van der Waals surface area (Å²) in [5, 5.41) is 14.3. The van der Waals surface area contributed by atoms with Gasteiger partial charge in [0.25, 0.3) is 0 Å². The molecule has 4 atom stereocenters. The van der Waals surface area contributed by atoms with Gasteiger partial charge in [-0.2, -0.15) is 13.2 Å². The minimum Gasteiger partial charge on any atom is -0.445 e. The standard InChI is InChI=1S/C21H28ClF3N2O5/c1-5-9-32-20(30)27-17(13(4)21(23,24)25)18(28)26-16-11-14(7-8-15(16)22)10-12(3)19(29)31-6-2/h5,7-8,11-13,17,19,29H,1,6,9-10H2,2-4H3,(H,26,28)(H,27,30)/t12-,13?,17?,19?/m0/s1.